The summed E-state index contributed by atoms with van der Waals surface area (Å²) >= 11 is 6.15. The maximum Gasteiger partial charge on any atom is 0.255 e. The maximum absolute atomic E-state index is 14.4. The topological polar surface area (TPSA) is 83.4 Å². The van der Waals surface area contributed by atoms with E-state index in [1.54, 1.807) is 24.3 Å². The number of aromatic nitrogens is 1. The van der Waals surface area contributed by atoms with Crippen LogP contribution in [0.15, 0.2) is 77.6 Å². The van der Waals surface area contributed by atoms with Gasteiger partial charge in [-0.05, 0) is 60.9 Å². The predicted octanol–water partition coefficient (Wildman–Crippen LogP) is 5.98. The van der Waals surface area contributed by atoms with Crippen LogP contribution in [0.3, 0.4) is 0 Å². The van der Waals surface area contributed by atoms with E-state index in [9.17, 15) is 27.6 Å². The second-order valence-corrected chi connectivity index (χ2v) is 11.3. The van der Waals surface area contributed by atoms with E-state index in [1.165, 1.54) is 30.3 Å². The number of rotatable bonds is 6. The van der Waals surface area contributed by atoms with Gasteiger partial charge < -0.3 is 20.1 Å². The number of nitrogens with zero attached hydrogens (tertiary/aromatic N) is 2. The third-order valence-electron chi connectivity index (χ3n) is 7.93. The third-order valence-corrected chi connectivity index (χ3v) is 8.28. The number of amides is 2. The minimum absolute atomic E-state index is 0.0307. The molecule has 1 fully saturated rings. The standard InChI is InChI=1S/C32H26ClF3N4O3/c33-23-3-1-4-24(34)22(23)14-30(41)38-27-12-19(32(43)37-21-8-9-25(35)26(36)13-21)7-10-29(27)39-15-18-11-20(17-39)28-5-2-6-31(42)40(28)16-18/h1-10,12-13,18,20H,11,14-17H2,(H,37,43)(H,38,41). The summed E-state index contributed by atoms with van der Waals surface area (Å²) in [6.07, 6.45) is 0.583. The van der Waals surface area contributed by atoms with Crippen molar-refractivity contribution in [2.45, 2.75) is 25.3 Å². The number of pyridine rings is 1. The molecule has 11 heteroatoms. The number of hydrogen-bond donors (Lipinski definition) is 2. The first-order chi connectivity index (χ1) is 20.7. The molecule has 43 heavy (non-hydrogen) atoms. The Kier molecular flexibility index (Phi) is 7.70. The SMILES string of the molecule is O=C(Cc1c(F)cccc1Cl)Nc1cc(C(=O)Nc2ccc(F)c(F)c2)ccc1N1CC2CC(C1)c1cccc(=O)n1C2. The summed E-state index contributed by atoms with van der Waals surface area (Å²) in [7, 11) is 0. The highest BCUT2D eigenvalue weighted by Gasteiger charge is 2.35. The van der Waals surface area contributed by atoms with Crippen molar-refractivity contribution in [2.24, 2.45) is 5.92 Å². The van der Waals surface area contributed by atoms with E-state index in [2.05, 4.69) is 15.5 Å². The highest BCUT2D eigenvalue weighted by molar-refractivity contribution is 6.31. The predicted molar refractivity (Wildman–Crippen MR) is 158 cm³/mol. The first-order valence-corrected chi connectivity index (χ1v) is 14.1. The molecule has 2 aliphatic heterocycles. The summed E-state index contributed by atoms with van der Waals surface area (Å²) in [5, 5.41) is 5.49. The summed E-state index contributed by atoms with van der Waals surface area (Å²) in [6, 6.07) is 17.2. The van der Waals surface area contributed by atoms with Crippen molar-refractivity contribution in [3.8, 4) is 0 Å². The van der Waals surface area contributed by atoms with Crippen LogP contribution in [0.1, 0.15) is 34.0 Å². The number of anilines is 3. The Morgan fingerprint density at radius 3 is 2.47 bits per heavy atom. The van der Waals surface area contributed by atoms with Crippen LogP contribution in [0.4, 0.5) is 30.2 Å². The molecule has 4 aromatic rings. The van der Waals surface area contributed by atoms with E-state index >= 15 is 0 Å². The zero-order valence-corrected chi connectivity index (χ0v) is 23.5. The number of nitrogens with one attached hydrogen (secondary N) is 2. The van der Waals surface area contributed by atoms with E-state index in [-0.39, 0.29) is 45.7 Å². The van der Waals surface area contributed by atoms with E-state index in [4.69, 9.17) is 11.6 Å². The Balaban J connectivity index is 1.31. The molecule has 0 aliphatic carbocycles. The molecule has 2 unspecified atom stereocenters. The fourth-order valence-electron chi connectivity index (χ4n) is 5.98. The van der Waals surface area contributed by atoms with E-state index in [0.717, 1.165) is 24.2 Å². The minimum Gasteiger partial charge on any atom is -0.369 e. The molecule has 2 N–H and O–H groups in total. The van der Waals surface area contributed by atoms with Gasteiger partial charge in [0, 0.05) is 65.2 Å². The van der Waals surface area contributed by atoms with Crippen LogP contribution in [0.2, 0.25) is 5.02 Å². The molecule has 3 aromatic carbocycles. The monoisotopic (exact) mass is 606 g/mol. The molecule has 2 atom stereocenters. The quantitative estimate of drug-likeness (QED) is 0.283. The number of benzene rings is 3. The van der Waals surface area contributed by atoms with Gasteiger partial charge in [-0.1, -0.05) is 23.7 Å². The van der Waals surface area contributed by atoms with Crippen LogP contribution in [0.5, 0.6) is 0 Å². The first kappa shape index (κ1) is 28.5. The Hall–Kier alpha value is -4.57. The highest BCUT2D eigenvalue weighted by Crippen LogP contribution is 2.39. The van der Waals surface area contributed by atoms with Crippen LogP contribution < -0.4 is 21.1 Å². The normalized spacial score (nSPS) is 17.3. The van der Waals surface area contributed by atoms with Crippen molar-refractivity contribution in [1.82, 2.24) is 4.57 Å². The molecule has 0 saturated carbocycles. The van der Waals surface area contributed by atoms with E-state index < -0.39 is 29.3 Å². The smallest absolute Gasteiger partial charge is 0.255 e. The third kappa shape index (κ3) is 5.87. The molecular formula is C32H26ClF3N4O3. The number of hydrogen-bond acceptors (Lipinski definition) is 4. The van der Waals surface area contributed by atoms with Crippen LogP contribution in [0.25, 0.3) is 0 Å². The van der Waals surface area contributed by atoms with Gasteiger partial charge in [-0.15, -0.1) is 0 Å². The molecule has 3 heterocycles. The van der Waals surface area contributed by atoms with Crippen molar-refractivity contribution in [3.63, 3.8) is 0 Å². The maximum atomic E-state index is 14.4. The molecule has 2 aliphatic rings. The van der Waals surface area contributed by atoms with Crippen molar-refractivity contribution < 1.29 is 22.8 Å². The Labute approximate surface area is 249 Å². The average molecular weight is 607 g/mol. The zero-order chi connectivity index (χ0) is 30.2. The second-order valence-electron chi connectivity index (χ2n) is 10.8. The van der Waals surface area contributed by atoms with Crippen LogP contribution >= 0.6 is 11.6 Å². The number of carbonyl (C=O) groups is 2. The second kappa shape index (κ2) is 11.6. The van der Waals surface area contributed by atoms with Gasteiger partial charge in [0.15, 0.2) is 11.6 Å². The molecule has 1 aromatic heterocycles. The van der Waals surface area contributed by atoms with E-state index in [0.29, 0.717) is 31.0 Å². The Morgan fingerprint density at radius 2 is 1.67 bits per heavy atom. The average Bonchev–Trinajstić information content (AvgIpc) is 2.97. The summed E-state index contributed by atoms with van der Waals surface area (Å²) in [5.74, 6) is -3.63. The van der Waals surface area contributed by atoms with E-state index in [1.807, 2.05) is 10.6 Å². The first-order valence-electron chi connectivity index (χ1n) is 13.7. The molecule has 1 saturated heterocycles. The Bertz CT molecular complexity index is 1790. The van der Waals surface area contributed by atoms with Crippen LogP contribution in [-0.2, 0) is 17.8 Å². The summed E-state index contributed by atoms with van der Waals surface area (Å²) in [6.45, 7) is 1.76. The molecule has 0 radical (unpaired) electrons. The van der Waals surface area contributed by atoms with Gasteiger partial charge in [0.25, 0.3) is 11.5 Å². The highest BCUT2D eigenvalue weighted by atomic mass is 35.5. The van der Waals surface area contributed by atoms with Crippen molar-refractivity contribution >= 4 is 40.5 Å². The lowest BCUT2D eigenvalue weighted by Gasteiger charge is -2.44. The molecule has 2 bridgehead atoms. The van der Waals surface area contributed by atoms with Crippen LogP contribution in [0, 0.1) is 23.4 Å². The van der Waals surface area contributed by atoms with Gasteiger partial charge in [0.2, 0.25) is 5.91 Å². The van der Waals surface area contributed by atoms with Crippen molar-refractivity contribution in [2.75, 3.05) is 28.6 Å². The fourth-order valence-corrected chi connectivity index (χ4v) is 6.21. The number of carbonyl (C=O) groups excluding carboxylic acids is 2. The lowest BCUT2D eigenvalue weighted by molar-refractivity contribution is -0.115. The van der Waals surface area contributed by atoms with Crippen molar-refractivity contribution in [1.29, 1.82) is 0 Å². The fraction of sp³-hybridized carbons (Fsp3) is 0.219. The number of halogens is 4. The summed E-state index contributed by atoms with van der Waals surface area (Å²) in [4.78, 5) is 40.9. The molecule has 0 spiro atoms. The van der Waals surface area contributed by atoms with Crippen LogP contribution in [-0.4, -0.2) is 29.5 Å². The van der Waals surface area contributed by atoms with Gasteiger partial charge in [-0.3, -0.25) is 14.4 Å². The molecule has 7 nitrogen and oxygen atoms in total. The Morgan fingerprint density at radius 1 is 0.860 bits per heavy atom. The lowest BCUT2D eigenvalue weighted by Crippen LogP contribution is -2.47. The van der Waals surface area contributed by atoms with Gasteiger partial charge in [-0.25, -0.2) is 13.2 Å². The van der Waals surface area contributed by atoms with Gasteiger partial charge in [-0.2, -0.15) is 0 Å². The summed E-state index contributed by atoms with van der Waals surface area (Å²) < 4.78 is 43.3. The molecule has 220 valence electrons. The van der Waals surface area contributed by atoms with Gasteiger partial charge in [0.05, 0.1) is 17.8 Å². The molecule has 2 amide bonds. The summed E-state index contributed by atoms with van der Waals surface area (Å²) in [5.41, 5.74) is 2.16. The lowest BCUT2D eigenvalue weighted by atomic mass is 9.83. The molecular weight excluding hydrogens is 581 g/mol. The van der Waals surface area contributed by atoms with Gasteiger partial charge >= 0.3 is 0 Å². The number of piperidine rings is 1. The minimum atomic E-state index is -1.10. The largest absolute Gasteiger partial charge is 0.369 e. The van der Waals surface area contributed by atoms with Crippen molar-refractivity contribution in [3.05, 3.63) is 122 Å². The number of fused-ring (bicyclic) bond motifs is 4. The zero-order valence-electron chi connectivity index (χ0n) is 22.7. The molecule has 6 rings (SSSR count). The van der Waals surface area contributed by atoms with Gasteiger partial charge in [0.1, 0.15) is 5.82 Å².